The fourth-order valence-corrected chi connectivity index (χ4v) is 7.89. The molecule has 212 valence electrons. The average Bonchev–Trinajstić information content (AvgIpc) is 3.49. The molecule has 3 heterocycles. The first-order valence-corrected chi connectivity index (χ1v) is 17.6. The van der Waals surface area contributed by atoms with Gasteiger partial charge in [-0.3, -0.25) is 0 Å². The van der Waals surface area contributed by atoms with E-state index in [4.69, 9.17) is 18.0 Å². The van der Waals surface area contributed by atoms with Gasteiger partial charge < -0.3 is 10.3 Å². The standard InChI is InChI=1S/C27H31N5O4S4/c1-18-30-22(16-38-18)17-40(35,36)29-14-19-6-7-24-25(20-4-3-5-21(13-20)27(28)37)15-32(26(24)12-19)23-8-10-31(11-9-23)39(2,33)34/h3-7,12-13,15-16,23,29H,8-11,14,17H2,1-2H3,(H2,28,37). The highest BCUT2D eigenvalue weighted by molar-refractivity contribution is 7.88. The summed E-state index contributed by atoms with van der Waals surface area (Å²) in [7, 11) is -6.82. The van der Waals surface area contributed by atoms with Gasteiger partial charge in [0, 0.05) is 59.3 Å². The molecule has 3 N–H and O–H groups in total. The third-order valence-corrected chi connectivity index (χ3v) is 10.8. The summed E-state index contributed by atoms with van der Waals surface area (Å²) in [5, 5.41) is 3.60. The maximum atomic E-state index is 12.7. The zero-order chi connectivity index (χ0) is 28.7. The van der Waals surface area contributed by atoms with Gasteiger partial charge >= 0.3 is 0 Å². The van der Waals surface area contributed by atoms with E-state index >= 15 is 0 Å². The molecule has 0 amide bonds. The second-order valence-corrected chi connectivity index (χ2v) is 15.4. The van der Waals surface area contributed by atoms with Gasteiger partial charge in [0.05, 0.1) is 17.0 Å². The third kappa shape index (κ3) is 6.45. The molecule has 1 saturated heterocycles. The first-order chi connectivity index (χ1) is 18.9. The van der Waals surface area contributed by atoms with Gasteiger partial charge in [-0.25, -0.2) is 30.8 Å². The molecule has 0 saturated carbocycles. The predicted octanol–water partition coefficient (Wildman–Crippen LogP) is 3.92. The van der Waals surface area contributed by atoms with Crippen LogP contribution in [0.2, 0.25) is 0 Å². The Morgan fingerprint density at radius 3 is 2.55 bits per heavy atom. The van der Waals surface area contributed by atoms with Crippen LogP contribution in [-0.4, -0.2) is 55.0 Å². The Kier molecular flexibility index (Phi) is 8.15. The number of hydrogen-bond acceptors (Lipinski definition) is 7. The smallest absolute Gasteiger partial charge is 0.217 e. The van der Waals surface area contributed by atoms with Crippen LogP contribution in [0.1, 0.15) is 40.7 Å². The van der Waals surface area contributed by atoms with Crippen molar-refractivity contribution >= 4 is 59.5 Å². The quantitative estimate of drug-likeness (QED) is 0.273. The van der Waals surface area contributed by atoms with Gasteiger partial charge in [0.15, 0.2) is 0 Å². The van der Waals surface area contributed by atoms with Crippen molar-refractivity contribution in [2.45, 2.75) is 38.1 Å². The summed E-state index contributed by atoms with van der Waals surface area (Å²) in [6.07, 6.45) is 4.69. The maximum absolute atomic E-state index is 12.7. The molecule has 2 aromatic carbocycles. The molecule has 13 heteroatoms. The molecule has 1 aliphatic rings. The van der Waals surface area contributed by atoms with Crippen molar-refractivity contribution < 1.29 is 16.8 Å². The third-order valence-electron chi connectivity index (χ3n) is 7.14. The Balaban J connectivity index is 1.48. The molecule has 0 bridgehead atoms. The van der Waals surface area contributed by atoms with E-state index in [0.29, 0.717) is 36.6 Å². The predicted molar refractivity (Wildman–Crippen MR) is 164 cm³/mol. The number of aryl methyl sites for hydroxylation is 1. The van der Waals surface area contributed by atoms with Crippen molar-refractivity contribution in [2.24, 2.45) is 5.73 Å². The van der Waals surface area contributed by atoms with Crippen LogP contribution in [-0.2, 0) is 32.3 Å². The number of aromatic nitrogens is 2. The number of hydrogen-bond donors (Lipinski definition) is 2. The molecule has 0 atom stereocenters. The Bertz CT molecular complexity index is 1790. The van der Waals surface area contributed by atoms with Crippen LogP contribution in [0.25, 0.3) is 22.0 Å². The van der Waals surface area contributed by atoms with Crippen LogP contribution in [0, 0.1) is 6.92 Å². The fraction of sp³-hybridized carbons (Fsp3) is 0.333. The van der Waals surface area contributed by atoms with E-state index in [1.165, 1.54) is 21.9 Å². The van der Waals surface area contributed by atoms with Crippen molar-refractivity contribution in [1.82, 2.24) is 18.6 Å². The topological polar surface area (TPSA) is 127 Å². The number of nitrogens with zero attached hydrogens (tertiary/aromatic N) is 3. The van der Waals surface area contributed by atoms with E-state index in [-0.39, 0.29) is 18.3 Å². The largest absolute Gasteiger partial charge is 0.389 e. The number of thiocarbonyl (C=S) groups is 1. The lowest BCUT2D eigenvalue weighted by Gasteiger charge is -2.31. The van der Waals surface area contributed by atoms with Crippen LogP contribution >= 0.6 is 23.6 Å². The fourth-order valence-electron chi connectivity index (χ4n) is 5.14. The maximum Gasteiger partial charge on any atom is 0.217 e. The molecule has 2 aromatic heterocycles. The van der Waals surface area contributed by atoms with Crippen LogP contribution < -0.4 is 10.5 Å². The lowest BCUT2D eigenvalue weighted by Crippen LogP contribution is -2.38. The molecule has 9 nitrogen and oxygen atoms in total. The number of nitrogens with one attached hydrogen (secondary N) is 1. The minimum atomic E-state index is -3.57. The second kappa shape index (κ2) is 11.3. The normalized spacial score (nSPS) is 15.6. The number of sulfonamides is 2. The molecule has 0 spiro atoms. The number of piperidine rings is 1. The number of benzene rings is 2. The Morgan fingerprint density at radius 2 is 1.90 bits per heavy atom. The van der Waals surface area contributed by atoms with Gasteiger partial charge in [-0.2, -0.15) is 0 Å². The summed E-state index contributed by atoms with van der Waals surface area (Å²) in [6.45, 7) is 2.89. The monoisotopic (exact) mass is 617 g/mol. The molecule has 0 aliphatic carbocycles. The summed E-state index contributed by atoms with van der Waals surface area (Å²) in [4.78, 5) is 4.58. The van der Waals surface area contributed by atoms with Gasteiger partial charge in [-0.1, -0.05) is 42.5 Å². The van der Waals surface area contributed by atoms with Crippen molar-refractivity contribution in [2.75, 3.05) is 19.3 Å². The molecular formula is C27H31N5O4S4. The van der Waals surface area contributed by atoms with Gasteiger partial charge in [0.2, 0.25) is 20.0 Å². The SMILES string of the molecule is Cc1nc(CS(=O)(=O)NCc2ccc3c(-c4cccc(C(N)=S)c4)cn(C4CCN(S(C)(=O)=O)CC4)c3c2)cs1. The molecule has 40 heavy (non-hydrogen) atoms. The van der Waals surface area contributed by atoms with Crippen molar-refractivity contribution in [3.63, 3.8) is 0 Å². The highest BCUT2D eigenvalue weighted by atomic mass is 32.2. The number of nitrogens with two attached hydrogens (primary N) is 1. The molecule has 0 unspecified atom stereocenters. The van der Waals surface area contributed by atoms with Gasteiger partial charge in [-0.05, 0) is 43.0 Å². The highest BCUT2D eigenvalue weighted by Crippen LogP contribution is 2.36. The Morgan fingerprint density at radius 1 is 1.15 bits per heavy atom. The lowest BCUT2D eigenvalue weighted by molar-refractivity contribution is 0.279. The van der Waals surface area contributed by atoms with Crippen molar-refractivity contribution in [1.29, 1.82) is 0 Å². The summed E-state index contributed by atoms with van der Waals surface area (Å²) in [6, 6.07) is 13.8. The van der Waals surface area contributed by atoms with Crippen molar-refractivity contribution in [3.8, 4) is 11.1 Å². The molecule has 0 radical (unpaired) electrons. The zero-order valence-electron chi connectivity index (χ0n) is 22.2. The molecule has 5 rings (SSSR count). The first kappa shape index (κ1) is 28.8. The van der Waals surface area contributed by atoms with Gasteiger partial charge in [-0.15, -0.1) is 11.3 Å². The first-order valence-electron chi connectivity index (χ1n) is 12.8. The minimum absolute atomic E-state index is 0.0906. The molecule has 4 aromatic rings. The van der Waals surface area contributed by atoms with E-state index in [1.54, 1.807) is 5.38 Å². The molecule has 1 fully saturated rings. The number of fused-ring (bicyclic) bond motifs is 1. The van der Waals surface area contributed by atoms with E-state index in [1.807, 2.05) is 49.4 Å². The lowest BCUT2D eigenvalue weighted by atomic mass is 10.0. The molecular weight excluding hydrogens is 587 g/mol. The van der Waals surface area contributed by atoms with E-state index in [2.05, 4.69) is 20.5 Å². The molecule has 1 aliphatic heterocycles. The Hall–Kier alpha value is -2.68. The zero-order valence-corrected chi connectivity index (χ0v) is 25.5. The van der Waals surface area contributed by atoms with Crippen LogP contribution in [0.5, 0.6) is 0 Å². The second-order valence-electron chi connectivity index (χ2n) is 10.1. The summed E-state index contributed by atoms with van der Waals surface area (Å²) >= 11 is 6.62. The Labute approximate surface area is 244 Å². The summed E-state index contributed by atoms with van der Waals surface area (Å²) in [5.41, 5.74) is 11.0. The number of rotatable bonds is 9. The van der Waals surface area contributed by atoms with E-state index < -0.39 is 20.0 Å². The average molecular weight is 618 g/mol. The minimum Gasteiger partial charge on any atom is -0.389 e. The highest BCUT2D eigenvalue weighted by Gasteiger charge is 2.27. The number of thiazole rings is 1. The van der Waals surface area contributed by atoms with E-state index in [9.17, 15) is 16.8 Å². The van der Waals surface area contributed by atoms with Crippen molar-refractivity contribution in [3.05, 3.63) is 75.9 Å². The van der Waals surface area contributed by atoms with Crippen LogP contribution in [0.3, 0.4) is 0 Å². The van der Waals surface area contributed by atoms with Crippen LogP contribution in [0.4, 0.5) is 0 Å². The van der Waals surface area contributed by atoms with Gasteiger partial charge in [0.25, 0.3) is 0 Å². The summed E-state index contributed by atoms with van der Waals surface area (Å²) in [5.74, 6) is -0.168. The van der Waals surface area contributed by atoms with Crippen LogP contribution in [0.15, 0.2) is 54.0 Å². The van der Waals surface area contributed by atoms with Gasteiger partial charge in [0.1, 0.15) is 10.7 Å². The van der Waals surface area contributed by atoms with E-state index in [0.717, 1.165) is 38.2 Å². The summed E-state index contributed by atoms with van der Waals surface area (Å²) < 4.78 is 56.0.